The van der Waals surface area contributed by atoms with Crippen molar-refractivity contribution in [1.29, 1.82) is 5.26 Å². The van der Waals surface area contributed by atoms with Crippen LogP contribution in [0.15, 0.2) is 0 Å². The molecule has 3 nitrogen and oxygen atoms in total. The van der Waals surface area contributed by atoms with Gasteiger partial charge in [0.1, 0.15) is 16.2 Å². The van der Waals surface area contributed by atoms with Crippen LogP contribution in [-0.4, -0.2) is 4.98 Å². The van der Waals surface area contributed by atoms with Crippen LogP contribution in [0.25, 0.3) is 0 Å². The second-order valence-electron chi connectivity index (χ2n) is 3.20. The van der Waals surface area contributed by atoms with Crippen molar-refractivity contribution in [2.75, 3.05) is 5.73 Å². The van der Waals surface area contributed by atoms with Crippen molar-refractivity contribution in [1.82, 2.24) is 4.98 Å². The Balaban J connectivity index is 3.14. The topological polar surface area (TPSA) is 62.7 Å². The first-order valence-corrected chi connectivity index (χ1v) is 4.43. The molecule has 0 spiro atoms. The summed E-state index contributed by atoms with van der Waals surface area (Å²) < 4.78 is 0. The average molecular weight is 181 g/mol. The number of nitrogens with two attached hydrogens (primary N) is 1. The fraction of sp³-hybridized carbons (Fsp3) is 0.500. The fourth-order valence-corrected chi connectivity index (χ4v) is 1.61. The summed E-state index contributed by atoms with van der Waals surface area (Å²) in [7, 11) is 0. The molecule has 0 amide bonds. The Bertz CT molecular complexity index is 313. The molecule has 0 aliphatic heterocycles. The van der Waals surface area contributed by atoms with E-state index >= 15 is 0 Å². The predicted octanol–water partition coefficient (Wildman–Crippen LogP) is 1.83. The number of hydrogen-bond acceptors (Lipinski definition) is 4. The number of rotatable bonds is 1. The number of nitriles is 1. The molecule has 1 aromatic heterocycles. The fourth-order valence-electron chi connectivity index (χ4n) is 0.723. The zero-order valence-electron chi connectivity index (χ0n) is 7.38. The molecular weight excluding hydrogens is 170 g/mol. The molecule has 0 unspecified atom stereocenters. The largest absolute Gasteiger partial charge is 0.383 e. The molecule has 12 heavy (non-hydrogen) atoms. The number of anilines is 1. The van der Waals surface area contributed by atoms with Gasteiger partial charge in [-0.1, -0.05) is 0 Å². The second-order valence-corrected chi connectivity index (χ2v) is 4.40. The minimum atomic E-state index is -0.521. The zero-order chi connectivity index (χ0) is 9.35. The first-order chi connectivity index (χ1) is 5.47. The second kappa shape index (κ2) is 2.76. The minimum Gasteiger partial charge on any atom is -0.383 e. The van der Waals surface area contributed by atoms with Gasteiger partial charge in [-0.05, 0) is 20.8 Å². The van der Waals surface area contributed by atoms with E-state index in [9.17, 15) is 0 Å². The summed E-state index contributed by atoms with van der Waals surface area (Å²) in [4.78, 5) is 5.11. The van der Waals surface area contributed by atoms with Crippen molar-refractivity contribution < 1.29 is 0 Å². The zero-order valence-corrected chi connectivity index (χ0v) is 8.20. The Morgan fingerprint density at radius 1 is 1.58 bits per heavy atom. The van der Waals surface area contributed by atoms with E-state index in [1.807, 2.05) is 20.8 Å². The molecule has 0 radical (unpaired) electrons. The standard InChI is InChI=1S/C8H11N3S/c1-5-6(10)11-7(12-5)8(2,3)4-9/h10H2,1-3H3. The van der Waals surface area contributed by atoms with Crippen LogP contribution in [0.5, 0.6) is 0 Å². The summed E-state index contributed by atoms with van der Waals surface area (Å²) in [5.74, 6) is 0.540. The van der Waals surface area contributed by atoms with Gasteiger partial charge in [0, 0.05) is 4.88 Å². The normalized spacial score (nSPS) is 11.2. The highest BCUT2D eigenvalue weighted by molar-refractivity contribution is 7.12. The third-order valence-corrected chi connectivity index (χ3v) is 2.96. The molecule has 0 aromatic carbocycles. The molecule has 0 fully saturated rings. The molecule has 1 aromatic rings. The van der Waals surface area contributed by atoms with E-state index in [0.717, 1.165) is 9.88 Å². The van der Waals surface area contributed by atoms with E-state index in [1.54, 1.807) is 0 Å². The van der Waals surface area contributed by atoms with Crippen molar-refractivity contribution in [3.63, 3.8) is 0 Å². The van der Waals surface area contributed by atoms with Crippen LogP contribution >= 0.6 is 11.3 Å². The first-order valence-electron chi connectivity index (χ1n) is 3.62. The summed E-state index contributed by atoms with van der Waals surface area (Å²) in [6.07, 6.45) is 0. The lowest BCUT2D eigenvalue weighted by atomic mass is 9.97. The Hall–Kier alpha value is -1.08. The first kappa shape index (κ1) is 9.01. The summed E-state index contributed by atoms with van der Waals surface area (Å²) in [6, 6.07) is 2.19. The van der Waals surface area contributed by atoms with Gasteiger partial charge in [-0.15, -0.1) is 11.3 Å². The van der Waals surface area contributed by atoms with Crippen molar-refractivity contribution in [2.45, 2.75) is 26.2 Å². The number of aryl methyl sites for hydroxylation is 1. The third kappa shape index (κ3) is 1.41. The van der Waals surface area contributed by atoms with Gasteiger partial charge in [-0.3, -0.25) is 0 Å². The molecule has 4 heteroatoms. The lowest BCUT2D eigenvalue weighted by Gasteiger charge is -2.09. The summed E-state index contributed by atoms with van der Waals surface area (Å²) in [5, 5.41) is 9.62. The van der Waals surface area contributed by atoms with Gasteiger partial charge in [0.15, 0.2) is 0 Å². The van der Waals surface area contributed by atoms with Crippen molar-refractivity contribution in [3.05, 3.63) is 9.88 Å². The molecule has 0 aliphatic carbocycles. The van der Waals surface area contributed by atoms with E-state index in [4.69, 9.17) is 11.0 Å². The molecule has 0 bridgehead atoms. The maximum absolute atomic E-state index is 8.82. The highest BCUT2D eigenvalue weighted by atomic mass is 32.1. The lowest BCUT2D eigenvalue weighted by Crippen LogP contribution is -2.13. The number of aromatic nitrogens is 1. The van der Waals surface area contributed by atoms with Crippen molar-refractivity contribution in [2.24, 2.45) is 0 Å². The average Bonchev–Trinajstić information content (AvgIpc) is 2.33. The summed E-state index contributed by atoms with van der Waals surface area (Å²) in [6.45, 7) is 5.58. The van der Waals surface area contributed by atoms with E-state index in [1.165, 1.54) is 11.3 Å². The maximum Gasteiger partial charge on any atom is 0.137 e. The maximum atomic E-state index is 8.82. The van der Waals surface area contributed by atoms with Gasteiger partial charge in [-0.2, -0.15) is 5.26 Å². The minimum absolute atomic E-state index is 0.521. The number of hydrogen-bond donors (Lipinski definition) is 1. The van der Waals surface area contributed by atoms with Crippen LogP contribution in [0.1, 0.15) is 23.7 Å². The lowest BCUT2D eigenvalue weighted by molar-refractivity contribution is 0.681. The monoisotopic (exact) mass is 181 g/mol. The highest BCUT2D eigenvalue weighted by Gasteiger charge is 2.24. The number of nitrogen functional groups attached to an aromatic ring is 1. The van der Waals surface area contributed by atoms with E-state index in [-0.39, 0.29) is 0 Å². The molecule has 0 atom stereocenters. The Morgan fingerprint density at radius 3 is 2.50 bits per heavy atom. The van der Waals surface area contributed by atoms with Crippen molar-refractivity contribution in [3.8, 4) is 6.07 Å². The van der Waals surface area contributed by atoms with Crippen LogP contribution in [0.4, 0.5) is 5.82 Å². The Labute approximate surface area is 75.8 Å². The quantitative estimate of drug-likeness (QED) is 0.719. The smallest absolute Gasteiger partial charge is 0.137 e. The highest BCUT2D eigenvalue weighted by Crippen LogP contribution is 2.29. The SMILES string of the molecule is Cc1sc(C(C)(C)C#N)nc1N. The van der Waals surface area contributed by atoms with E-state index in [0.29, 0.717) is 5.82 Å². The van der Waals surface area contributed by atoms with E-state index in [2.05, 4.69) is 11.1 Å². The van der Waals surface area contributed by atoms with Crippen LogP contribution in [0, 0.1) is 18.3 Å². The van der Waals surface area contributed by atoms with Gasteiger partial charge >= 0.3 is 0 Å². The predicted molar refractivity (Wildman–Crippen MR) is 49.9 cm³/mol. The van der Waals surface area contributed by atoms with Crippen LogP contribution in [0.2, 0.25) is 0 Å². The van der Waals surface area contributed by atoms with Crippen molar-refractivity contribution >= 4 is 17.2 Å². The third-order valence-electron chi connectivity index (χ3n) is 1.65. The van der Waals surface area contributed by atoms with Gasteiger partial charge in [-0.25, -0.2) is 4.98 Å². The summed E-state index contributed by atoms with van der Waals surface area (Å²) >= 11 is 1.49. The number of nitrogens with zero attached hydrogens (tertiary/aromatic N) is 2. The molecule has 0 saturated heterocycles. The van der Waals surface area contributed by atoms with E-state index < -0.39 is 5.41 Å². The molecule has 0 saturated carbocycles. The van der Waals surface area contributed by atoms with Gasteiger partial charge in [0.2, 0.25) is 0 Å². The molecule has 64 valence electrons. The van der Waals surface area contributed by atoms with Crippen LogP contribution < -0.4 is 5.73 Å². The molecular formula is C8H11N3S. The molecule has 1 heterocycles. The molecule has 2 N–H and O–H groups in total. The van der Waals surface area contributed by atoms with Gasteiger partial charge in [0.05, 0.1) is 6.07 Å². The Morgan fingerprint density at radius 2 is 2.17 bits per heavy atom. The van der Waals surface area contributed by atoms with Gasteiger partial charge in [0.25, 0.3) is 0 Å². The summed E-state index contributed by atoms with van der Waals surface area (Å²) in [5.41, 5.74) is 5.06. The Kier molecular flexibility index (Phi) is 2.07. The van der Waals surface area contributed by atoms with Crippen LogP contribution in [0.3, 0.4) is 0 Å². The van der Waals surface area contributed by atoms with Crippen LogP contribution in [-0.2, 0) is 5.41 Å². The molecule has 0 aliphatic rings. The molecule has 1 rings (SSSR count). The number of thiazole rings is 1. The van der Waals surface area contributed by atoms with Gasteiger partial charge < -0.3 is 5.73 Å².